The number of likely N-dealkylation sites (tertiary alicyclic amines) is 1. The minimum Gasteiger partial charge on any atom is -0.347 e. The Balaban J connectivity index is 1.58. The third-order valence-electron chi connectivity index (χ3n) is 4.66. The van der Waals surface area contributed by atoms with Gasteiger partial charge in [0, 0.05) is 32.4 Å². The molecule has 1 aromatic rings. The van der Waals surface area contributed by atoms with E-state index in [4.69, 9.17) is 0 Å². The van der Waals surface area contributed by atoms with Crippen LogP contribution < -0.4 is 5.32 Å². The second-order valence-corrected chi connectivity index (χ2v) is 5.84. The van der Waals surface area contributed by atoms with Gasteiger partial charge in [-0.05, 0) is 50.3 Å². The van der Waals surface area contributed by atoms with Crippen molar-refractivity contribution in [1.82, 2.24) is 14.8 Å². The van der Waals surface area contributed by atoms with Crippen LogP contribution in [0.3, 0.4) is 0 Å². The molecule has 1 amide bonds. The number of nitrogens with one attached hydrogen (secondary N) is 1. The van der Waals surface area contributed by atoms with Crippen LogP contribution >= 0.6 is 0 Å². The molecule has 3 rings (SSSR count). The normalized spacial score (nSPS) is 24.9. The Hall–Kier alpha value is -1.29. The first-order chi connectivity index (χ1) is 9.25. The van der Waals surface area contributed by atoms with Gasteiger partial charge in [0.2, 0.25) is 0 Å². The summed E-state index contributed by atoms with van der Waals surface area (Å²) in [6.07, 6.45) is 6.85. The monoisotopic (exact) mass is 261 g/mol. The van der Waals surface area contributed by atoms with Gasteiger partial charge in [-0.3, -0.25) is 4.79 Å². The number of aromatic nitrogens is 1. The fourth-order valence-electron chi connectivity index (χ4n) is 3.46. The summed E-state index contributed by atoms with van der Waals surface area (Å²) in [7, 11) is 1.93. The Morgan fingerprint density at radius 3 is 2.68 bits per heavy atom. The lowest BCUT2D eigenvalue weighted by Crippen LogP contribution is -2.43. The Morgan fingerprint density at radius 2 is 2.11 bits per heavy atom. The first-order valence-corrected chi connectivity index (χ1v) is 7.39. The van der Waals surface area contributed by atoms with Crippen molar-refractivity contribution < 1.29 is 4.79 Å². The zero-order valence-corrected chi connectivity index (χ0v) is 11.6. The third kappa shape index (κ3) is 2.54. The van der Waals surface area contributed by atoms with Gasteiger partial charge >= 0.3 is 0 Å². The molecule has 3 heterocycles. The van der Waals surface area contributed by atoms with Crippen molar-refractivity contribution in [2.24, 2.45) is 13.0 Å². The number of piperidine rings is 1. The topological polar surface area (TPSA) is 37.3 Å². The van der Waals surface area contributed by atoms with Crippen LogP contribution in [0.5, 0.6) is 0 Å². The lowest BCUT2D eigenvalue weighted by Gasteiger charge is -2.35. The molecule has 0 spiro atoms. The van der Waals surface area contributed by atoms with E-state index in [1.54, 1.807) is 0 Å². The SMILES string of the molecule is Cn1cccc1C(=O)N1CCC(C2CCCN2)CC1. The zero-order valence-electron chi connectivity index (χ0n) is 11.6. The molecule has 1 atom stereocenters. The summed E-state index contributed by atoms with van der Waals surface area (Å²) < 4.78 is 1.91. The van der Waals surface area contributed by atoms with Crippen LogP contribution in [0, 0.1) is 5.92 Å². The van der Waals surface area contributed by atoms with Gasteiger partial charge in [-0.15, -0.1) is 0 Å². The second-order valence-electron chi connectivity index (χ2n) is 5.84. The molecule has 4 heteroatoms. The van der Waals surface area contributed by atoms with Gasteiger partial charge in [0.05, 0.1) is 0 Å². The summed E-state index contributed by atoms with van der Waals surface area (Å²) in [5.41, 5.74) is 0.803. The molecule has 2 aliphatic rings. The number of aryl methyl sites for hydroxylation is 1. The highest BCUT2D eigenvalue weighted by Gasteiger charge is 2.30. The summed E-state index contributed by atoms with van der Waals surface area (Å²) in [6.45, 7) is 2.99. The van der Waals surface area contributed by atoms with Gasteiger partial charge in [-0.2, -0.15) is 0 Å². The van der Waals surface area contributed by atoms with Crippen LogP contribution in [0.4, 0.5) is 0 Å². The van der Waals surface area contributed by atoms with Crippen LogP contribution in [-0.4, -0.2) is 41.1 Å². The molecule has 104 valence electrons. The van der Waals surface area contributed by atoms with E-state index >= 15 is 0 Å². The summed E-state index contributed by atoms with van der Waals surface area (Å²) in [5, 5.41) is 3.60. The van der Waals surface area contributed by atoms with Crippen LogP contribution in [0.15, 0.2) is 18.3 Å². The first-order valence-electron chi connectivity index (χ1n) is 7.39. The predicted octanol–water partition coefficient (Wildman–Crippen LogP) is 1.63. The molecule has 1 aromatic heterocycles. The van der Waals surface area contributed by atoms with E-state index in [1.165, 1.54) is 19.4 Å². The maximum absolute atomic E-state index is 12.4. The Labute approximate surface area is 114 Å². The Morgan fingerprint density at radius 1 is 1.32 bits per heavy atom. The number of rotatable bonds is 2. The zero-order chi connectivity index (χ0) is 13.2. The van der Waals surface area contributed by atoms with Crippen LogP contribution in [0.2, 0.25) is 0 Å². The molecule has 0 saturated carbocycles. The standard InChI is InChI=1S/C15H23N3O/c1-17-9-3-5-14(17)15(19)18-10-6-12(7-11-18)13-4-2-8-16-13/h3,5,9,12-13,16H,2,4,6-8,10-11H2,1H3. The highest BCUT2D eigenvalue weighted by molar-refractivity contribution is 5.92. The predicted molar refractivity (Wildman–Crippen MR) is 75.1 cm³/mol. The minimum absolute atomic E-state index is 0.185. The number of nitrogens with zero attached hydrogens (tertiary/aromatic N) is 2. The van der Waals surface area contributed by atoms with Crippen molar-refractivity contribution in [3.05, 3.63) is 24.0 Å². The molecular formula is C15H23N3O. The molecule has 2 aliphatic heterocycles. The minimum atomic E-state index is 0.185. The summed E-state index contributed by atoms with van der Waals surface area (Å²) in [5.74, 6) is 0.949. The number of carbonyl (C=O) groups is 1. The maximum Gasteiger partial charge on any atom is 0.270 e. The van der Waals surface area contributed by atoms with Crippen molar-refractivity contribution in [1.29, 1.82) is 0 Å². The van der Waals surface area contributed by atoms with E-state index in [1.807, 2.05) is 34.8 Å². The quantitative estimate of drug-likeness (QED) is 0.878. The molecule has 1 unspecified atom stereocenters. The van der Waals surface area contributed by atoms with E-state index < -0.39 is 0 Å². The van der Waals surface area contributed by atoms with E-state index in [0.717, 1.165) is 37.5 Å². The summed E-state index contributed by atoms with van der Waals surface area (Å²) >= 11 is 0. The van der Waals surface area contributed by atoms with Crippen molar-refractivity contribution in [3.63, 3.8) is 0 Å². The first kappa shape index (κ1) is 12.7. The van der Waals surface area contributed by atoms with Gasteiger partial charge in [-0.1, -0.05) is 0 Å². The molecule has 19 heavy (non-hydrogen) atoms. The van der Waals surface area contributed by atoms with Gasteiger partial charge < -0.3 is 14.8 Å². The summed E-state index contributed by atoms with van der Waals surface area (Å²) in [4.78, 5) is 14.4. The average Bonchev–Trinajstić information content (AvgIpc) is 3.09. The van der Waals surface area contributed by atoms with Crippen molar-refractivity contribution in [2.45, 2.75) is 31.7 Å². The fourth-order valence-corrected chi connectivity index (χ4v) is 3.46. The third-order valence-corrected chi connectivity index (χ3v) is 4.66. The van der Waals surface area contributed by atoms with Crippen molar-refractivity contribution >= 4 is 5.91 Å². The molecule has 4 nitrogen and oxygen atoms in total. The van der Waals surface area contributed by atoms with Gasteiger partial charge in [-0.25, -0.2) is 0 Å². The van der Waals surface area contributed by atoms with E-state index in [0.29, 0.717) is 6.04 Å². The average molecular weight is 261 g/mol. The van der Waals surface area contributed by atoms with E-state index in [9.17, 15) is 4.79 Å². The summed E-state index contributed by atoms with van der Waals surface area (Å²) in [6, 6.07) is 4.54. The van der Waals surface area contributed by atoms with Crippen LogP contribution in [0.25, 0.3) is 0 Å². The molecule has 0 radical (unpaired) electrons. The Kier molecular flexibility index (Phi) is 3.60. The van der Waals surface area contributed by atoms with E-state index in [-0.39, 0.29) is 5.91 Å². The lowest BCUT2D eigenvalue weighted by molar-refractivity contribution is 0.0665. The van der Waals surface area contributed by atoms with Gasteiger partial charge in [0.25, 0.3) is 5.91 Å². The number of amides is 1. The molecule has 1 N–H and O–H groups in total. The van der Waals surface area contributed by atoms with Gasteiger partial charge in [0.1, 0.15) is 5.69 Å². The van der Waals surface area contributed by atoms with Crippen molar-refractivity contribution in [2.75, 3.05) is 19.6 Å². The maximum atomic E-state index is 12.4. The lowest BCUT2D eigenvalue weighted by atomic mass is 9.88. The van der Waals surface area contributed by atoms with Crippen molar-refractivity contribution in [3.8, 4) is 0 Å². The van der Waals surface area contributed by atoms with Crippen LogP contribution in [-0.2, 0) is 7.05 Å². The van der Waals surface area contributed by atoms with E-state index in [2.05, 4.69) is 5.32 Å². The molecule has 0 bridgehead atoms. The highest BCUT2D eigenvalue weighted by atomic mass is 16.2. The molecule has 0 aliphatic carbocycles. The number of carbonyl (C=O) groups excluding carboxylic acids is 1. The smallest absolute Gasteiger partial charge is 0.270 e. The fraction of sp³-hybridized carbons (Fsp3) is 0.667. The largest absolute Gasteiger partial charge is 0.347 e. The highest BCUT2D eigenvalue weighted by Crippen LogP contribution is 2.26. The van der Waals surface area contributed by atoms with Crippen LogP contribution in [0.1, 0.15) is 36.2 Å². The number of hydrogen-bond donors (Lipinski definition) is 1. The number of hydrogen-bond acceptors (Lipinski definition) is 2. The molecule has 2 saturated heterocycles. The molecule has 0 aromatic carbocycles. The van der Waals surface area contributed by atoms with Gasteiger partial charge in [0.15, 0.2) is 0 Å². The second kappa shape index (κ2) is 5.37. The molecular weight excluding hydrogens is 238 g/mol. The Bertz CT molecular complexity index is 440. The molecule has 2 fully saturated rings.